The zero-order valence-electron chi connectivity index (χ0n) is 11.8. The summed E-state index contributed by atoms with van der Waals surface area (Å²) in [4.78, 5) is 23.2. The fourth-order valence-corrected chi connectivity index (χ4v) is 2.93. The Balaban J connectivity index is 1.97. The Hall–Kier alpha value is -1.36. The summed E-state index contributed by atoms with van der Waals surface area (Å²) in [5.74, 6) is 2.16. The monoisotopic (exact) mass is 294 g/mol. The van der Waals surface area contributed by atoms with E-state index in [0.717, 1.165) is 49.4 Å². The Bertz CT molecular complexity index is 544. The molecule has 1 aliphatic heterocycles. The molecule has 108 valence electrons. The van der Waals surface area contributed by atoms with Crippen molar-refractivity contribution in [1.82, 2.24) is 15.3 Å². The smallest absolute Gasteiger partial charge is 0.242 e. The van der Waals surface area contributed by atoms with Gasteiger partial charge in [0.15, 0.2) is 0 Å². The van der Waals surface area contributed by atoms with Gasteiger partial charge < -0.3 is 10.2 Å². The van der Waals surface area contributed by atoms with E-state index in [1.807, 2.05) is 6.92 Å². The van der Waals surface area contributed by atoms with Crippen LogP contribution in [0.5, 0.6) is 0 Å². The molecule has 1 atom stereocenters. The molecule has 0 aromatic carbocycles. The molecule has 1 N–H and O–H groups in total. The topological polar surface area (TPSA) is 58.1 Å². The van der Waals surface area contributed by atoms with Crippen LogP contribution in [0.3, 0.4) is 0 Å². The van der Waals surface area contributed by atoms with E-state index in [1.54, 1.807) is 7.05 Å². The highest BCUT2D eigenvalue weighted by molar-refractivity contribution is 6.30. The second-order valence-electron chi connectivity index (χ2n) is 5.56. The number of rotatable bonds is 3. The molecule has 1 aliphatic carbocycles. The predicted molar refractivity (Wildman–Crippen MR) is 78.2 cm³/mol. The van der Waals surface area contributed by atoms with Gasteiger partial charge in [0.25, 0.3) is 0 Å². The predicted octanol–water partition coefficient (Wildman–Crippen LogP) is 2.03. The molecule has 2 aliphatic rings. The lowest BCUT2D eigenvalue weighted by atomic mass is 10.2. The van der Waals surface area contributed by atoms with E-state index < -0.39 is 0 Å². The van der Waals surface area contributed by atoms with Crippen molar-refractivity contribution in [2.24, 2.45) is 0 Å². The highest BCUT2D eigenvalue weighted by Gasteiger charge is 2.34. The van der Waals surface area contributed by atoms with Gasteiger partial charge >= 0.3 is 0 Å². The van der Waals surface area contributed by atoms with Crippen molar-refractivity contribution in [2.45, 2.75) is 44.6 Å². The van der Waals surface area contributed by atoms with E-state index >= 15 is 0 Å². The van der Waals surface area contributed by atoms with E-state index in [9.17, 15) is 4.79 Å². The number of amides is 1. The summed E-state index contributed by atoms with van der Waals surface area (Å²) in [5.41, 5.74) is 0.867. The summed E-state index contributed by atoms with van der Waals surface area (Å²) >= 11 is 6.25. The number of nitrogens with zero attached hydrogens (tertiary/aromatic N) is 3. The maximum absolute atomic E-state index is 12.0. The third-order valence-corrected chi connectivity index (χ3v) is 4.46. The Morgan fingerprint density at radius 3 is 2.75 bits per heavy atom. The second kappa shape index (κ2) is 5.20. The molecule has 1 unspecified atom stereocenters. The molecule has 1 saturated carbocycles. The number of halogens is 1. The van der Waals surface area contributed by atoms with Gasteiger partial charge in [-0.2, -0.15) is 0 Å². The molecular formula is C14H19ClN4O. The number of aromatic nitrogens is 2. The van der Waals surface area contributed by atoms with Crippen molar-refractivity contribution in [1.29, 1.82) is 0 Å². The summed E-state index contributed by atoms with van der Waals surface area (Å²) in [7, 11) is 1.67. The minimum absolute atomic E-state index is 0.0459. The maximum atomic E-state index is 12.0. The molecule has 1 saturated heterocycles. The largest absolute Gasteiger partial charge is 0.357 e. The van der Waals surface area contributed by atoms with Gasteiger partial charge in [0, 0.05) is 25.1 Å². The van der Waals surface area contributed by atoms with Crippen LogP contribution in [0.25, 0.3) is 0 Å². The van der Waals surface area contributed by atoms with Crippen LogP contribution < -0.4 is 10.2 Å². The van der Waals surface area contributed by atoms with Crippen LogP contribution in [0, 0.1) is 6.92 Å². The van der Waals surface area contributed by atoms with Crippen LogP contribution in [0.15, 0.2) is 0 Å². The van der Waals surface area contributed by atoms with Gasteiger partial charge in [0.1, 0.15) is 22.8 Å². The lowest BCUT2D eigenvalue weighted by Crippen LogP contribution is -2.42. The van der Waals surface area contributed by atoms with Crippen molar-refractivity contribution < 1.29 is 4.79 Å². The SMILES string of the molecule is CNC(=O)C1CCCN1c1nc(C2CC2)nc(Cl)c1C. The molecular weight excluding hydrogens is 276 g/mol. The summed E-state index contributed by atoms with van der Waals surface area (Å²) in [6.45, 7) is 2.77. The number of anilines is 1. The molecule has 0 spiro atoms. The number of carbonyl (C=O) groups is 1. The first-order valence-electron chi connectivity index (χ1n) is 7.14. The standard InChI is InChI=1S/C14H19ClN4O/c1-8-11(15)17-12(9-5-6-9)18-13(8)19-7-3-4-10(19)14(20)16-2/h9-10H,3-7H2,1-2H3,(H,16,20). The Morgan fingerprint density at radius 1 is 1.35 bits per heavy atom. The normalized spacial score (nSPS) is 22.1. The Morgan fingerprint density at radius 2 is 2.10 bits per heavy atom. The molecule has 3 rings (SSSR count). The van der Waals surface area contributed by atoms with E-state index in [4.69, 9.17) is 16.6 Å². The zero-order chi connectivity index (χ0) is 14.3. The third kappa shape index (κ3) is 2.35. The molecule has 2 heterocycles. The van der Waals surface area contributed by atoms with Gasteiger partial charge in [0.05, 0.1) is 0 Å². The van der Waals surface area contributed by atoms with Gasteiger partial charge in [-0.1, -0.05) is 11.6 Å². The van der Waals surface area contributed by atoms with Crippen LogP contribution in [0.2, 0.25) is 5.15 Å². The Labute approximate surface area is 123 Å². The lowest BCUT2D eigenvalue weighted by molar-refractivity contribution is -0.121. The number of likely N-dealkylation sites (N-methyl/N-ethyl adjacent to an activating group) is 1. The minimum atomic E-state index is -0.142. The molecule has 2 fully saturated rings. The first-order valence-corrected chi connectivity index (χ1v) is 7.52. The molecule has 1 aromatic rings. The first-order chi connectivity index (χ1) is 9.61. The second-order valence-corrected chi connectivity index (χ2v) is 5.92. The number of hydrogen-bond acceptors (Lipinski definition) is 4. The van der Waals surface area contributed by atoms with E-state index in [1.165, 1.54) is 0 Å². The van der Waals surface area contributed by atoms with Crippen molar-refractivity contribution in [3.8, 4) is 0 Å². The molecule has 5 nitrogen and oxygen atoms in total. The average molecular weight is 295 g/mol. The highest BCUT2D eigenvalue weighted by Crippen LogP contribution is 2.40. The van der Waals surface area contributed by atoms with Crippen molar-refractivity contribution in [2.75, 3.05) is 18.5 Å². The van der Waals surface area contributed by atoms with Crippen molar-refractivity contribution in [3.63, 3.8) is 0 Å². The molecule has 1 aromatic heterocycles. The summed E-state index contributed by atoms with van der Waals surface area (Å²) in [6.07, 6.45) is 4.13. The van der Waals surface area contributed by atoms with Gasteiger partial charge in [-0.05, 0) is 32.6 Å². The van der Waals surface area contributed by atoms with Crippen LogP contribution in [0.1, 0.15) is 43.0 Å². The van der Waals surface area contributed by atoms with E-state index in [-0.39, 0.29) is 11.9 Å². The van der Waals surface area contributed by atoms with Gasteiger partial charge in [-0.25, -0.2) is 9.97 Å². The lowest BCUT2D eigenvalue weighted by Gasteiger charge is -2.26. The summed E-state index contributed by atoms with van der Waals surface area (Å²) in [5, 5.41) is 3.25. The molecule has 0 bridgehead atoms. The van der Waals surface area contributed by atoms with Crippen LogP contribution in [-0.2, 0) is 4.79 Å². The number of carbonyl (C=O) groups excluding carboxylic acids is 1. The molecule has 20 heavy (non-hydrogen) atoms. The number of nitrogens with one attached hydrogen (secondary N) is 1. The van der Waals surface area contributed by atoms with Gasteiger partial charge in [-0.15, -0.1) is 0 Å². The summed E-state index contributed by atoms with van der Waals surface area (Å²) in [6, 6.07) is -0.142. The van der Waals surface area contributed by atoms with Crippen LogP contribution in [-0.4, -0.2) is 35.5 Å². The van der Waals surface area contributed by atoms with Crippen LogP contribution in [0.4, 0.5) is 5.82 Å². The zero-order valence-corrected chi connectivity index (χ0v) is 12.6. The molecule has 1 amide bonds. The first kappa shape index (κ1) is 13.6. The highest BCUT2D eigenvalue weighted by atomic mass is 35.5. The summed E-state index contributed by atoms with van der Waals surface area (Å²) < 4.78 is 0. The molecule has 6 heteroatoms. The average Bonchev–Trinajstić information content (AvgIpc) is 3.18. The fraction of sp³-hybridized carbons (Fsp3) is 0.643. The van der Waals surface area contributed by atoms with Crippen LogP contribution >= 0.6 is 11.6 Å². The van der Waals surface area contributed by atoms with Gasteiger partial charge in [-0.3, -0.25) is 4.79 Å². The minimum Gasteiger partial charge on any atom is -0.357 e. The van der Waals surface area contributed by atoms with Crippen molar-refractivity contribution >= 4 is 23.3 Å². The Kier molecular flexibility index (Phi) is 3.54. The molecule has 0 radical (unpaired) electrons. The number of hydrogen-bond donors (Lipinski definition) is 1. The van der Waals surface area contributed by atoms with E-state index in [2.05, 4.69) is 15.2 Å². The quantitative estimate of drug-likeness (QED) is 0.867. The van der Waals surface area contributed by atoms with E-state index in [0.29, 0.717) is 11.1 Å². The third-order valence-electron chi connectivity index (χ3n) is 4.09. The van der Waals surface area contributed by atoms with Crippen molar-refractivity contribution in [3.05, 3.63) is 16.5 Å². The fourth-order valence-electron chi connectivity index (χ4n) is 2.76. The maximum Gasteiger partial charge on any atom is 0.242 e. The van der Waals surface area contributed by atoms with Gasteiger partial charge in [0.2, 0.25) is 5.91 Å².